The molecule has 0 amide bonds. The van der Waals surface area contributed by atoms with Crippen LogP contribution < -0.4 is 5.56 Å². The van der Waals surface area contributed by atoms with Crippen LogP contribution in [0.15, 0.2) is 47.3 Å². The molecule has 0 bridgehead atoms. The molecule has 0 saturated carbocycles. The second-order valence-corrected chi connectivity index (χ2v) is 8.63. The van der Waals surface area contributed by atoms with Crippen molar-refractivity contribution < 1.29 is 4.57 Å². The Balaban J connectivity index is 2.20. The van der Waals surface area contributed by atoms with E-state index in [1.54, 1.807) is 4.40 Å². The van der Waals surface area contributed by atoms with Crippen molar-refractivity contribution >= 4 is 36.2 Å². The lowest BCUT2D eigenvalue weighted by Gasteiger charge is -2.27. The third-order valence-electron chi connectivity index (χ3n) is 6.02. The van der Waals surface area contributed by atoms with Gasteiger partial charge in [-0.05, 0) is 55.5 Å². The SMILES string of the molecule is CCCCc1ccc2c(c1)n1c(=O)c3ccccc3nc1n2C(CC)(CC)P=O. The van der Waals surface area contributed by atoms with Crippen LogP contribution in [-0.2, 0) is 16.3 Å². The molecule has 0 saturated heterocycles. The zero-order chi connectivity index (χ0) is 20.6. The number of aryl methyl sites for hydroxylation is 1. The molecule has 150 valence electrons. The van der Waals surface area contributed by atoms with E-state index in [-0.39, 0.29) is 14.0 Å². The van der Waals surface area contributed by atoms with E-state index in [9.17, 15) is 9.36 Å². The van der Waals surface area contributed by atoms with Crippen LogP contribution in [-0.4, -0.2) is 14.0 Å². The first kappa shape index (κ1) is 19.8. The first-order chi connectivity index (χ1) is 14.1. The maximum absolute atomic E-state index is 13.5. The Hall–Kier alpha value is -2.52. The summed E-state index contributed by atoms with van der Waals surface area (Å²) in [6.45, 7) is 6.24. The second-order valence-electron chi connectivity index (χ2n) is 7.61. The number of para-hydroxylation sites is 1. The maximum atomic E-state index is 13.5. The standard InChI is InChI=1S/C23H26N3O2P/c1-4-7-10-16-13-14-19-20(15-16)25-21(27)17-11-8-9-12-18(17)24-22(25)26(19)23(5-2,6-3)29-28/h8-9,11-15H,4-7,10H2,1-3H3. The number of imidazole rings is 1. The Kier molecular flexibility index (Phi) is 5.26. The lowest BCUT2D eigenvalue weighted by Crippen LogP contribution is -2.27. The summed E-state index contributed by atoms with van der Waals surface area (Å²) >= 11 is 0. The van der Waals surface area contributed by atoms with Crippen LogP contribution in [0.1, 0.15) is 52.0 Å². The van der Waals surface area contributed by atoms with E-state index in [1.165, 1.54) is 5.56 Å². The molecule has 0 aliphatic rings. The van der Waals surface area contributed by atoms with Gasteiger partial charge >= 0.3 is 0 Å². The molecule has 0 fully saturated rings. The summed E-state index contributed by atoms with van der Waals surface area (Å²) in [6, 6.07) is 13.7. The number of benzene rings is 2. The van der Waals surface area contributed by atoms with Crippen LogP contribution in [0, 0.1) is 0 Å². The maximum Gasteiger partial charge on any atom is 0.267 e. The predicted octanol–water partition coefficient (Wildman–Crippen LogP) is 5.91. The van der Waals surface area contributed by atoms with Gasteiger partial charge in [0.05, 0.1) is 21.9 Å². The highest BCUT2D eigenvalue weighted by molar-refractivity contribution is 7.25. The zero-order valence-electron chi connectivity index (χ0n) is 17.2. The van der Waals surface area contributed by atoms with E-state index < -0.39 is 5.28 Å². The molecular weight excluding hydrogens is 381 g/mol. The predicted molar refractivity (Wildman–Crippen MR) is 119 cm³/mol. The molecule has 2 heterocycles. The minimum Gasteiger partial charge on any atom is -0.292 e. The van der Waals surface area contributed by atoms with E-state index in [0.29, 0.717) is 29.5 Å². The summed E-state index contributed by atoms with van der Waals surface area (Å²) in [7, 11) is 0.0304. The average molecular weight is 407 g/mol. The molecule has 29 heavy (non-hydrogen) atoms. The molecule has 0 aliphatic heterocycles. The fourth-order valence-corrected chi connectivity index (χ4v) is 4.75. The summed E-state index contributed by atoms with van der Waals surface area (Å²) in [6.07, 6.45) is 4.55. The number of unbranched alkanes of at least 4 members (excludes halogenated alkanes) is 1. The molecule has 4 aromatic rings. The number of hydrogen-bond acceptors (Lipinski definition) is 3. The van der Waals surface area contributed by atoms with Crippen LogP contribution >= 0.6 is 8.46 Å². The molecule has 0 atom stereocenters. The zero-order valence-corrected chi connectivity index (χ0v) is 18.1. The summed E-state index contributed by atoms with van der Waals surface area (Å²) < 4.78 is 16.1. The second kappa shape index (κ2) is 7.72. The minimum atomic E-state index is -0.639. The first-order valence-corrected chi connectivity index (χ1v) is 11.2. The first-order valence-electron chi connectivity index (χ1n) is 10.4. The van der Waals surface area contributed by atoms with Gasteiger partial charge in [0.25, 0.3) is 5.56 Å². The Morgan fingerprint density at radius 3 is 2.48 bits per heavy atom. The van der Waals surface area contributed by atoms with Gasteiger partial charge in [-0.25, -0.2) is 9.38 Å². The van der Waals surface area contributed by atoms with Crippen LogP contribution in [0.25, 0.3) is 27.7 Å². The molecule has 6 heteroatoms. The highest BCUT2D eigenvalue weighted by atomic mass is 31.1. The van der Waals surface area contributed by atoms with Crippen LogP contribution in [0.2, 0.25) is 0 Å². The lowest BCUT2D eigenvalue weighted by molar-refractivity contribution is 0.410. The van der Waals surface area contributed by atoms with Gasteiger partial charge in [0.15, 0.2) is 8.46 Å². The van der Waals surface area contributed by atoms with E-state index in [4.69, 9.17) is 4.98 Å². The molecule has 0 spiro atoms. The third kappa shape index (κ3) is 3.00. The van der Waals surface area contributed by atoms with E-state index in [2.05, 4.69) is 25.1 Å². The van der Waals surface area contributed by atoms with Gasteiger partial charge in [0.1, 0.15) is 5.28 Å². The van der Waals surface area contributed by atoms with Gasteiger partial charge < -0.3 is 0 Å². The fourth-order valence-electron chi connectivity index (χ4n) is 4.22. The number of rotatable bonds is 7. The average Bonchev–Trinajstić information content (AvgIpc) is 3.08. The summed E-state index contributed by atoms with van der Waals surface area (Å²) in [4.78, 5) is 18.3. The molecule has 0 aliphatic carbocycles. The van der Waals surface area contributed by atoms with Crippen molar-refractivity contribution in [3.05, 3.63) is 58.4 Å². The molecule has 0 radical (unpaired) electrons. The van der Waals surface area contributed by atoms with Crippen molar-refractivity contribution in [2.45, 2.75) is 58.2 Å². The molecule has 2 aromatic carbocycles. The van der Waals surface area contributed by atoms with Gasteiger partial charge in [-0.1, -0.05) is 45.4 Å². The van der Waals surface area contributed by atoms with Crippen molar-refractivity contribution in [3.63, 3.8) is 0 Å². The van der Waals surface area contributed by atoms with Gasteiger partial charge in [-0.2, -0.15) is 0 Å². The van der Waals surface area contributed by atoms with Crippen molar-refractivity contribution in [2.75, 3.05) is 0 Å². The summed E-state index contributed by atoms with van der Waals surface area (Å²) in [5.41, 5.74) is 3.53. The summed E-state index contributed by atoms with van der Waals surface area (Å²) in [5.74, 6) is 0.559. The molecule has 5 nitrogen and oxygen atoms in total. The molecule has 0 N–H and O–H groups in total. The molecule has 2 aromatic heterocycles. The topological polar surface area (TPSA) is 56.4 Å². The normalized spacial score (nSPS) is 12.5. The van der Waals surface area contributed by atoms with Gasteiger partial charge in [0, 0.05) is 0 Å². The van der Waals surface area contributed by atoms with E-state index in [0.717, 1.165) is 30.3 Å². The molecular formula is C23H26N3O2P. The largest absolute Gasteiger partial charge is 0.292 e. The van der Waals surface area contributed by atoms with E-state index in [1.807, 2.05) is 42.7 Å². The third-order valence-corrected chi connectivity index (χ3v) is 7.19. The minimum absolute atomic E-state index is 0.0304. The quantitative estimate of drug-likeness (QED) is 0.358. The van der Waals surface area contributed by atoms with E-state index >= 15 is 0 Å². The number of fused-ring (bicyclic) bond motifs is 4. The van der Waals surface area contributed by atoms with Crippen molar-refractivity contribution in [3.8, 4) is 0 Å². The molecule has 0 unspecified atom stereocenters. The van der Waals surface area contributed by atoms with Gasteiger partial charge in [-0.15, -0.1) is 0 Å². The Bertz CT molecular complexity index is 1270. The Labute approximate surface area is 171 Å². The van der Waals surface area contributed by atoms with Gasteiger partial charge in [0.2, 0.25) is 5.78 Å². The Morgan fingerprint density at radius 2 is 1.79 bits per heavy atom. The van der Waals surface area contributed by atoms with Crippen LogP contribution in [0.4, 0.5) is 0 Å². The van der Waals surface area contributed by atoms with Crippen LogP contribution in [0.5, 0.6) is 0 Å². The van der Waals surface area contributed by atoms with Crippen molar-refractivity contribution in [2.24, 2.45) is 0 Å². The lowest BCUT2D eigenvalue weighted by atomic mass is 10.1. The van der Waals surface area contributed by atoms with Crippen LogP contribution in [0.3, 0.4) is 0 Å². The number of nitrogens with zero attached hydrogens (tertiary/aromatic N) is 3. The number of hydrogen-bond donors (Lipinski definition) is 0. The summed E-state index contributed by atoms with van der Waals surface area (Å²) in [5, 5.41) is -0.0406. The van der Waals surface area contributed by atoms with Crippen molar-refractivity contribution in [1.29, 1.82) is 0 Å². The monoisotopic (exact) mass is 407 g/mol. The molecule has 4 rings (SSSR count). The Morgan fingerprint density at radius 1 is 1.03 bits per heavy atom. The van der Waals surface area contributed by atoms with Crippen molar-refractivity contribution in [1.82, 2.24) is 14.0 Å². The highest BCUT2D eigenvalue weighted by Gasteiger charge is 2.34. The van der Waals surface area contributed by atoms with Gasteiger partial charge in [-0.3, -0.25) is 13.9 Å². The smallest absolute Gasteiger partial charge is 0.267 e. The highest BCUT2D eigenvalue weighted by Crippen LogP contribution is 2.41. The number of aromatic nitrogens is 3. The fraction of sp³-hybridized carbons (Fsp3) is 0.391.